The van der Waals surface area contributed by atoms with Crippen molar-refractivity contribution in [2.75, 3.05) is 13.6 Å². The standard InChI is InChI=1S/C14H29N3O/c1-10(14(2,3)4)17(5)9-8-12(13(15)18)16-11-6-7-11/h10-12,16H,6-9H2,1-5H3,(H2,15,18). The van der Waals surface area contributed by atoms with Gasteiger partial charge in [-0.3, -0.25) is 4.79 Å². The van der Waals surface area contributed by atoms with Crippen LogP contribution in [0, 0.1) is 5.41 Å². The van der Waals surface area contributed by atoms with Crippen LogP contribution in [-0.4, -0.2) is 42.5 Å². The average Bonchev–Trinajstić information content (AvgIpc) is 3.04. The highest BCUT2D eigenvalue weighted by molar-refractivity contribution is 5.79. The summed E-state index contributed by atoms with van der Waals surface area (Å²) < 4.78 is 0. The van der Waals surface area contributed by atoms with Crippen molar-refractivity contribution in [2.24, 2.45) is 11.1 Å². The molecule has 0 bridgehead atoms. The van der Waals surface area contributed by atoms with Crippen LogP contribution in [0.5, 0.6) is 0 Å². The molecule has 1 aliphatic rings. The molecule has 1 fully saturated rings. The van der Waals surface area contributed by atoms with Crippen LogP contribution in [0.4, 0.5) is 0 Å². The Morgan fingerprint density at radius 2 is 2.00 bits per heavy atom. The second-order valence-corrected chi connectivity index (χ2v) is 6.71. The summed E-state index contributed by atoms with van der Waals surface area (Å²) in [4.78, 5) is 13.7. The number of amides is 1. The summed E-state index contributed by atoms with van der Waals surface area (Å²) in [5, 5.41) is 3.32. The molecule has 18 heavy (non-hydrogen) atoms. The van der Waals surface area contributed by atoms with E-state index in [2.05, 4.69) is 45.0 Å². The van der Waals surface area contributed by atoms with Gasteiger partial charge in [0.25, 0.3) is 0 Å². The van der Waals surface area contributed by atoms with E-state index >= 15 is 0 Å². The number of nitrogens with zero attached hydrogens (tertiary/aromatic N) is 1. The second kappa shape index (κ2) is 6.02. The van der Waals surface area contributed by atoms with E-state index in [-0.39, 0.29) is 17.4 Å². The maximum Gasteiger partial charge on any atom is 0.234 e. The van der Waals surface area contributed by atoms with Gasteiger partial charge in [0.15, 0.2) is 0 Å². The van der Waals surface area contributed by atoms with Gasteiger partial charge in [0.05, 0.1) is 6.04 Å². The third-order valence-corrected chi connectivity index (χ3v) is 4.04. The molecule has 0 aliphatic heterocycles. The molecule has 1 amide bonds. The molecule has 0 saturated heterocycles. The maximum absolute atomic E-state index is 11.4. The van der Waals surface area contributed by atoms with Gasteiger partial charge < -0.3 is 16.0 Å². The van der Waals surface area contributed by atoms with E-state index in [0.29, 0.717) is 12.1 Å². The molecule has 0 aromatic carbocycles. The first-order chi connectivity index (χ1) is 8.21. The number of carbonyl (C=O) groups excluding carboxylic acids is 1. The van der Waals surface area contributed by atoms with E-state index in [0.717, 1.165) is 13.0 Å². The summed E-state index contributed by atoms with van der Waals surface area (Å²) in [5.74, 6) is -0.223. The molecule has 0 aromatic heterocycles. The van der Waals surface area contributed by atoms with Crippen molar-refractivity contribution >= 4 is 5.91 Å². The van der Waals surface area contributed by atoms with E-state index in [9.17, 15) is 4.79 Å². The van der Waals surface area contributed by atoms with Gasteiger partial charge in [0.2, 0.25) is 5.91 Å². The minimum atomic E-state index is -0.223. The average molecular weight is 255 g/mol. The fraction of sp³-hybridized carbons (Fsp3) is 0.929. The summed E-state index contributed by atoms with van der Waals surface area (Å²) in [7, 11) is 2.12. The Morgan fingerprint density at radius 3 is 2.39 bits per heavy atom. The first-order valence-corrected chi connectivity index (χ1v) is 6.97. The van der Waals surface area contributed by atoms with E-state index in [1.807, 2.05) is 0 Å². The second-order valence-electron chi connectivity index (χ2n) is 6.71. The molecule has 3 N–H and O–H groups in total. The van der Waals surface area contributed by atoms with Crippen LogP contribution in [0.2, 0.25) is 0 Å². The molecule has 1 saturated carbocycles. The minimum absolute atomic E-state index is 0.174. The summed E-state index contributed by atoms with van der Waals surface area (Å²) in [6.45, 7) is 9.84. The molecule has 4 nitrogen and oxygen atoms in total. The maximum atomic E-state index is 11.4. The Hall–Kier alpha value is -0.610. The van der Waals surface area contributed by atoms with E-state index < -0.39 is 0 Å². The summed E-state index contributed by atoms with van der Waals surface area (Å²) in [6, 6.07) is 0.826. The van der Waals surface area contributed by atoms with Gasteiger partial charge in [-0.25, -0.2) is 0 Å². The highest BCUT2D eigenvalue weighted by Crippen LogP contribution is 2.23. The van der Waals surface area contributed by atoms with Gasteiger partial charge in [-0.15, -0.1) is 0 Å². The van der Waals surface area contributed by atoms with E-state index in [1.165, 1.54) is 12.8 Å². The SMILES string of the molecule is CC(N(C)CCC(NC1CC1)C(N)=O)C(C)(C)C. The zero-order chi connectivity index (χ0) is 13.9. The van der Waals surface area contributed by atoms with Crippen molar-refractivity contribution in [3.63, 3.8) is 0 Å². The van der Waals surface area contributed by atoms with Crippen LogP contribution >= 0.6 is 0 Å². The molecule has 0 aromatic rings. The smallest absolute Gasteiger partial charge is 0.234 e. The van der Waals surface area contributed by atoms with Crippen LogP contribution in [0.15, 0.2) is 0 Å². The normalized spacial score (nSPS) is 19.9. The Balaban J connectivity index is 2.38. The zero-order valence-electron chi connectivity index (χ0n) is 12.5. The van der Waals surface area contributed by atoms with Crippen LogP contribution in [0.3, 0.4) is 0 Å². The Kier molecular flexibility index (Phi) is 5.17. The van der Waals surface area contributed by atoms with Crippen LogP contribution in [-0.2, 0) is 4.79 Å². The Bertz CT molecular complexity index is 281. The summed E-state index contributed by atoms with van der Waals surface area (Å²) in [6.07, 6.45) is 3.15. The number of nitrogens with two attached hydrogens (primary N) is 1. The van der Waals surface area contributed by atoms with Gasteiger partial charge in [-0.05, 0) is 38.6 Å². The molecular formula is C14H29N3O. The predicted molar refractivity (Wildman–Crippen MR) is 75.3 cm³/mol. The van der Waals surface area contributed by atoms with Gasteiger partial charge >= 0.3 is 0 Å². The summed E-state index contributed by atoms with van der Waals surface area (Å²) in [5.41, 5.74) is 5.69. The molecule has 106 valence electrons. The summed E-state index contributed by atoms with van der Waals surface area (Å²) >= 11 is 0. The Morgan fingerprint density at radius 1 is 1.44 bits per heavy atom. The van der Waals surface area contributed by atoms with Gasteiger partial charge in [0.1, 0.15) is 0 Å². The lowest BCUT2D eigenvalue weighted by Crippen LogP contribution is -2.46. The minimum Gasteiger partial charge on any atom is -0.368 e. The molecule has 0 heterocycles. The fourth-order valence-electron chi connectivity index (χ4n) is 2.03. The number of rotatable bonds is 7. The largest absolute Gasteiger partial charge is 0.368 e. The fourth-order valence-corrected chi connectivity index (χ4v) is 2.03. The lowest BCUT2D eigenvalue weighted by Gasteiger charge is -2.36. The van der Waals surface area contributed by atoms with Crippen molar-refractivity contribution in [3.05, 3.63) is 0 Å². The molecule has 0 spiro atoms. The van der Waals surface area contributed by atoms with Crippen molar-refractivity contribution in [3.8, 4) is 0 Å². The number of hydrogen-bond donors (Lipinski definition) is 2. The van der Waals surface area contributed by atoms with Gasteiger partial charge in [0, 0.05) is 18.6 Å². The molecule has 0 radical (unpaired) electrons. The van der Waals surface area contributed by atoms with E-state index in [1.54, 1.807) is 0 Å². The van der Waals surface area contributed by atoms with Crippen LogP contribution in [0.1, 0.15) is 47.0 Å². The topological polar surface area (TPSA) is 58.4 Å². The van der Waals surface area contributed by atoms with Crippen molar-refractivity contribution in [2.45, 2.75) is 65.1 Å². The van der Waals surface area contributed by atoms with Gasteiger partial charge in [-0.2, -0.15) is 0 Å². The zero-order valence-corrected chi connectivity index (χ0v) is 12.5. The first kappa shape index (κ1) is 15.4. The predicted octanol–water partition coefficient (Wildman–Crippen LogP) is 1.35. The highest BCUT2D eigenvalue weighted by atomic mass is 16.1. The Labute approximate surface area is 111 Å². The quantitative estimate of drug-likeness (QED) is 0.722. The van der Waals surface area contributed by atoms with Gasteiger partial charge in [-0.1, -0.05) is 20.8 Å². The lowest BCUT2D eigenvalue weighted by atomic mass is 9.87. The number of carbonyl (C=O) groups is 1. The number of nitrogens with one attached hydrogen (secondary N) is 1. The first-order valence-electron chi connectivity index (χ1n) is 6.97. The molecule has 2 unspecified atom stereocenters. The van der Waals surface area contributed by atoms with Crippen LogP contribution < -0.4 is 11.1 Å². The van der Waals surface area contributed by atoms with Crippen molar-refractivity contribution in [1.82, 2.24) is 10.2 Å². The lowest BCUT2D eigenvalue weighted by molar-refractivity contribution is -0.120. The molecular weight excluding hydrogens is 226 g/mol. The number of hydrogen-bond acceptors (Lipinski definition) is 3. The number of primary amides is 1. The third kappa shape index (κ3) is 4.94. The molecule has 2 atom stereocenters. The third-order valence-electron chi connectivity index (χ3n) is 4.04. The van der Waals surface area contributed by atoms with Crippen molar-refractivity contribution in [1.29, 1.82) is 0 Å². The molecule has 1 aliphatic carbocycles. The van der Waals surface area contributed by atoms with E-state index in [4.69, 9.17) is 5.73 Å². The highest BCUT2D eigenvalue weighted by Gasteiger charge is 2.28. The monoisotopic (exact) mass is 255 g/mol. The van der Waals surface area contributed by atoms with Crippen LogP contribution in [0.25, 0.3) is 0 Å². The molecule has 4 heteroatoms. The van der Waals surface area contributed by atoms with Crippen molar-refractivity contribution < 1.29 is 4.79 Å². The molecule has 1 rings (SSSR count).